The Morgan fingerprint density at radius 1 is 0.971 bits per heavy atom. The monoisotopic (exact) mass is 506 g/mol. The van der Waals surface area contributed by atoms with E-state index in [2.05, 4.69) is 34.5 Å². The molecular weight excluding hydrogens is 483 g/mol. The van der Waals surface area contributed by atoms with E-state index < -0.39 is 0 Å². The van der Waals surface area contributed by atoms with Gasteiger partial charge in [0.05, 0.1) is 22.8 Å². The number of aromatic nitrogens is 6. The molecule has 178 valence electrons. The molecule has 5 rings (SSSR count). The van der Waals surface area contributed by atoms with Crippen molar-refractivity contribution < 1.29 is 0 Å². The second kappa shape index (κ2) is 10.4. The predicted octanol–water partition coefficient (Wildman–Crippen LogP) is 5.49. The zero-order valence-corrected chi connectivity index (χ0v) is 20.9. The normalized spacial score (nSPS) is 10.9. The molecule has 0 saturated heterocycles. The van der Waals surface area contributed by atoms with Crippen LogP contribution in [0.2, 0.25) is 5.02 Å². The van der Waals surface area contributed by atoms with E-state index in [1.54, 1.807) is 4.57 Å². The summed E-state index contributed by atoms with van der Waals surface area (Å²) in [5, 5.41) is 15.7. The Labute approximate surface area is 213 Å². The van der Waals surface area contributed by atoms with Crippen molar-refractivity contribution >= 4 is 34.9 Å². The van der Waals surface area contributed by atoms with Gasteiger partial charge in [0, 0.05) is 22.7 Å². The maximum absolute atomic E-state index is 13.0. The zero-order valence-electron chi connectivity index (χ0n) is 19.3. The Morgan fingerprint density at radius 3 is 2.37 bits per heavy atom. The Balaban J connectivity index is 0.00000289. The smallest absolute Gasteiger partial charge is 0.252 e. The number of hydrogen-bond donors (Lipinski definition) is 1. The van der Waals surface area contributed by atoms with E-state index in [0.717, 1.165) is 57.4 Å². The summed E-state index contributed by atoms with van der Waals surface area (Å²) in [6, 6.07) is 19.6. The van der Waals surface area contributed by atoms with Crippen LogP contribution >= 0.6 is 24.0 Å². The Kier molecular flexibility index (Phi) is 7.28. The van der Waals surface area contributed by atoms with Gasteiger partial charge in [0.1, 0.15) is 0 Å². The SMILES string of the molecule is CCc1cc2c(c(Cl)cc(=O)n2Cc2ccc(-c3ccccc3-c3nn[nH]n3)cc2)c(CC)n1.Cl. The summed E-state index contributed by atoms with van der Waals surface area (Å²) in [4.78, 5) is 17.7. The molecule has 0 bridgehead atoms. The maximum Gasteiger partial charge on any atom is 0.252 e. The summed E-state index contributed by atoms with van der Waals surface area (Å²) in [6.45, 7) is 4.56. The molecule has 0 aliphatic carbocycles. The van der Waals surface area contributed by atoms with Crippen LogP contribution in [0.4, 0.5) is 0 Å². The van der Waals surface area contributed by atoms with Gasteiger partial charge in [-0.1, -0.05) is 74.0 Å². The molecule has 9 heteroatoms. The van der Waals surface area contributed by atoms with E-state index in [-0.39, 0.29) is 18.0 Å². The number of tetrazole rings is 1. The minimum atomic E-state index is -0.126. The molecule has 0 fully saturated rings. The average molecular weight is 507 g/mol. The third-order valence-corrected chi connectivity index (χ3v) is 6.29. The third-order valence-electron chi connectivity index (χ3n) is 5.99. The fourth-order valence-electron chi connectivity index (χ4n) is 4.27. The minimum absolute atomic E-state index is 0. The summed E-state index contributed by atoms with van der Waals surface area (Å²) in [5.74, 6) is 0.547. The molecular formula is C26H24Cl2N6O. The molecule has 0 aliphatic rings. The van der Waals surface area contributed by atoms with E-state index in [1.165, 1.54) is 6.07 Å². The van der Waals surface area contributed by atoms with Gasteiger partial charge in [0.15, 0.2) is 0 Å². The van der Waals surface area contributed by atoms with Crippen LogP contribution in [0.5, 0.6) is 0 Å². The standard InChI is InChI=1S/C26H23ClN6O.ClH/c1-3-18-13-23-25(22(4-2)28-18)21(27)14-24(34)33(23)15-16-9-11-17(12-10-16)19-7-5-6-8-20(19)26-29-31-32-30-26;/h5-14H,3-4,15H2,1-2H3,(H,29,30,31,32);1H. The minimum Gasteiger partial charge on any atom is -0.304 e. The van der Waals surface area contributed by atoms with Gasteiger partial charge in [-0.2, -0.15) is 5.21 Å². The molecule has 0 unspecified atom stereocenters. The quantitative estimate of drug-likeness (QED) is 0.328. The first-order chi connectivity index (χ1) is 16.6. The number of nitrogens with one attached hydrogen (secondary N) is 1. The van der Waals surface area contributed by atoms with Crippen LogP contribution in [-0.2, 0) is 19.4 Å². The van der Waals surface area contributed by atoms with Crippen LogP contribution in [0.15, 0.2) is 65.5 Å². The predicted molar refractivity (Wildman–Crippen MR) is 141 cm³/mol. The number of halogens is 2. The van der Waals surface area contributed by atoms with Crippen molar-refractivity contribution in [1.82, 2.24) is 30.2 Å². The highest BCUT2D eigenvalue weighted by atomic mass is 35.5. The number of nitrogens with zero attached hydrogens (tertiary/aromatic N) is 5. The third kappa shape index (κ3) is 4.70. The molecule has 5 aromatic rings. The maximum atomic E-state index is 13.0. The molecule has 0 atom stereocenters. The average Bonchev–Trinajstić information content (AvgIpc) is 3.41. The first kappa shape index (κ1) is 24.6. The number of benzene rings is 2. The number of H-pyrrole nitrogens is 1. The van der Waals surface area contributed by atoms with E-state index in [1.807, 2.05) is 54.6 Å². The van der Waals surface area contributed by atoms with Crippen LogP contribution in [0.1, 0.15) is 30.8 Å². The molecule has 3 heterocycles. The first-order valence-corrected chi connectivity index (χ1v) is 11.6. The Morgan fingerprint density at radius 2 is 1.71 bits per heavy atom. The Bertz CT molecular complexity index is 1530. The fraction of sp³-hybridized carbons (Fsp3) is 0.192. The van der Waals surface area contributed by atoms with Gasteiger partial charge in [-0.25, -0.2) is 0 Å². The highest BCUT2D eigenvalue weighted by Gasteiger charge is 2.15. The van der Waals surface area contributed by atoms with Crippen LogP contribution in [0, 0.1) is 0 Å². The van der Waals surface area contributed by atoms with Crippen molar-refractivity contribution in [2.45, 2.75) is 33.2 Å². The van der Waals surface area contributed by atoms with Gasteiger partial charge in [-0.3, -0.25) is 9.78 Å². The highest BCUT2D eigenvalue weighted by Crippen LogP contribution is 2.30. The van der Waals surface area contributed by atoms with Crippen molar-refractivity contribution in [3.05, 3.63) is 93.0 Å². The van der Waals surface area contributed by atoms with Crippen LogP contribution in [0.25, 0.3) is 33.4 Å². The van der Waals surface area contributed by atoms with Gasteiger partial charge < -0.3 is 4.57 Å². The lowest BCUT2D eigenvalue weighted by molar-refractivity contribution is 0.790. The second-order valence-electron chi connectivity index (χ2n) is 8.06. The number of fused-ring (bicyclic) bond motifs is 1. The van der Waals surface area contributed by atoms with E-state index in [9.17, 15) is 4.79 Å². The number of aryl methyl sites for hydroxylation is 2. The number of hydrogen-bond acceptors (Lipinski definition) is 5. The number of aromatic amines is 1. The highest BCUT2D eigenvalue weighted by molar-refractivity contribution is 6.35. The molecule has 1 N–H and O–H groups in total. The van der Waals surface area contributed by atoms with Gasteiger partial charge in [0.2, 0.25) is 5.82 Å². The first-order valence-electron chi connectivity index (χ1n) is 11.2. The molecule has 0 amide bonds. The summed E-state index contributed by atoms with van der Waals surface area (Å²) >= 11 is 6.49. The molecule has 2 aromatic carbocycles. The lowest BCUT2D eigenvalue weighted by atomic mass is 9.98. The summed E-state index contributed by atoms with van der Waals surface area (Å²) in [6.07, 6.45) is 1.54. The van der Waals surface area contributed by atoms with E-state index >= 15 is 0 Å². The fourth-order valence-corrected chi connectivity index (χ4v) is 4.57. The zero-order chi connectivity index (χ0) is 23.7. The topological polar surface area (TPSA) is 89.4 Å². The molecule has 0 saturated carbocycles. The lowest BCUT2D eigenvalue weighted by Crippen LogP contribution is -2.21. The van der Waals surface area contributed by atoms with Crippen molar-refractivity contribution in [2.75, 3.05) is 0 Å². The molecule has 3 aromatic heterocycles. The van der Waals surface area contributed by atoms with Gasteiger partial charge in [0.25, 0.3) is 5.56 Å². The van der Waals surface area contributed by atoms with Crippen molar-refractivity contribution in [1.29, 1.82) is 0 Å². The van der Waals surface area contributed by atoms with E-state index in [4.69, 9.17) is 16.6 Å². The molecule has 7 nitrogen and oxygen atoms in total. The van der Waals surface area contributed by atoms with Crippen molar-refractivity contribution in [3.8, 4) is 22.5 Å². The summed E-state index contributed by atoms with van der Waals surface area (Å²) in [7, 11) is 0. The van der Waals surface area contributed by atoms with Crippen molar-refractivity contribution in [3.63, 3.8) is 0 Å². The van der Waals surface area contributed by atoms with Crippen molar-refractivity contribution in [2.24, 2.45) is 0 Å². The molecule has 35 heavy (non-hydrogen) atoms. The number of pyridine rings is 2. The van der Waals surface area contributed by atoms with Crippen LogP contribution in [-0.4, -0.2) is 30.2 Å². The second-order valence-corrected chi connectivity index (χ2v) is 8.46. The summed E-state index contributed by atoms with van der Waals surface area (Å²) in [5.41, 5.74) is 6.52. The lowest BCUT2D eigenvalue weighted by Gasteiger charge is -2.15. The van der Waals surface area contributed by atoms with Gasteiger partial charge in [-0.05, 0) is 40.8 Å². The molecule has 0 aliphatic heterocycles. The molecule has 0 spiro atoms. The number of rotatable bonds is 6. The van der Waals surface area contributed by atoms with Crippen LogP contribution in [0.3, 0.4) is 0 Å². The Hall–Kier alpha value is -3.55. The largest absolute Gasteiger partial charge is 0.304 e. The van der Waals surface area contributed by atoms with E-state index in [0.29, 0.717) is 17.4 Å². The van der Waals surface area contributed by atoms with Gasteiger partial charge >= 0.3 is 0 Å². The van der Waals surface area contributed by atoms with Gasteiger partial charge in [-0.15, -0.1) is 22.6 Å². The molecule has 0 radical (unpaired) electrons. The summed E-state index contributed by atoms with van der Waals surface area (Å²) < 4.78 is 1.78. The van der Waals surface area contributed by atoms with Crippen LogP contribution < -0.4 is 5.56 Å².